The first-order valence-corrected chi connectivity index (χ1v) is 25.6. The summed E-state index contributed by atoms with van der Waals surface area (Å²) >= 11 is 0. The van der Waals surface area contributed by atoms with Gasteiger partial charge in [0, 0.05) is 12.8 Å². The average molecular weight is 818 g/mol. The Kier molecular flexibility index (Phi) is 46.6. The molecule has 342 valence electrons. The number of rotatable bonds is 47. The lowest BCUT2D eigenvalue weighted by atomic mass is 10.1. The molecule has 0 bridgehead atoms. The van der Waals surface area contributed by atoms with E-state index in [1.165, 1.54) is 193 Å². The monoisotopic (exact) mass is 818 g/mol. The minimum Gasteiger partial charge on any atom is -0.466 e. The summed E-state index contributed by atoms with van der Waals surface area (Å²) in [6.45, 7) is 4.86. The molecule has 0 saturated carbocycles. The van der Waals surface area contributed by atoms with Crippen molar-refractivity contribution >= 4 is 11.9 Å². The average Bonchev–Trinajstić information content (AvgIpc) is 3.22. The number of esters is 1. The first-order chi connectivity index (χ1) is 28.5. The van der Waals surface area contributed by atoms with Crippen LogP contribution in [0.1, 0.15) is 271 Å². The van der Waals surface area contributed by atoms with E-state index in [1.807, 2.05) is 6.08 Å². The number of hydrogen-bond donors (Lipinski definition) is 3. The molecular formula is C52H99NO5. The van der Waals surface area contributed by atoms with E-state index in [9.17, 15) is 19.8 Å². The smallest absolute Gasteiger partial charge is 0.305 e. The van der Waals surface area contributed by atoms with Crippen LogP contribution < -0.4 is 5.32 Å². The number of aliphatic hydroxyl groups is 2. The molecule has 0 aromatic carbocycles. The van der Waals surface area contributed by atoms with Crippen molar-refractivity contribution in [3.05, 3.63) is 24.3 Å². The topological polar surface area (TPSA) is 95.9 Å². The molecule has 0 aromatic heterocycles. The molecular weight excluding hydrogens is 719 g/mol. The molecule has 58 heavy (non-hydrogen) atoms. The minimum absolute atomic E-state index is 0.00463. The number of ether oxygens (including phenoxy) is 1. The maximum atomic E-state index is 12.4. The van der Waals surface area contributed by atoms with Crippen molar-refractivity contribution in [1.82, 2.24) is 5.32 Å². The quantitative estimate of drug-likeness (QED) is 0.0323. The lowest BCUT2D eigenvalue weighted by Gasteiger charge is -2.20. The van der Waals surface area contributed by atoms with Gasteiger partial charge in [-0.15, -0.1) is 0 Å². The number of allylic oxidation sites excluding steroid dienone is 3. The lowest BCUT2D eigenvalue weighted by molar-refractivity contribution is -0.143. The molecule has 0 aliphatic carbocycles. The molecule has 6 nitrogen and oxygen atoms in total. The van der Waals surface area contributed by atoms with E-state index < -0.39 is 12.1 Å². The van der Waals surface area contributed by atoms with Gasteiger partial charge in [0.25, 0.3) is 0 Å². The highest BCUT2D eigenvalue weighted by molar-refractivity contribution is 5.76. The molecule has 0 saturated heterocycles. The zero-order valence-corrected chi connectivity index (χ0v) is 38.8. The van der Waals surface area contributed by atoms with Gasteiger partial charge >= 0.3 is 5.97 Å². The summed E-state index contributed by atoms with van der Waals surface area (Å²) in [5.74, 6) is -0.0742. The third kappa shape index (κ3) is 43.9. The number of carbonyl (C=O) groups is 2. The fourth-order valence-corrected chi connectivity index (χ4v) is 7.74. The lowest BCUT2D eigenvalue weighted by Crippen LogP contribution is -2.45. The molecule has 3 N–H and O–H groups in total. The number of nitrogens with one attached hydrogen (secondary N) is 1. The summed E-state index contributed by atoms with van der Waals surface area (Å²) in [5, 5.41) is 22.9. The fourth-order valence-electron chi connectivity index (χ4n) is 7.74. The summed E-state index contributed by atoms with van der Waals surface area (Å²) in [4.78, 5) is 24.3. The zero-order chi connectivity index (χ0) is 42.3. The van der Waals surface area contributed by atoms with Crippen LogP contribution in [0, 0.1) is 0 Å². The Morgan fingerprint density at radius 2 is 0.810 bits per heavy atom. The van der Waals surface area contributed by atoms with Gasteiger partial charge in [0.05, 0.1) is 25.4 Å². The summed E-state index contributed by atoms with van der Waals surface area (Å²) in [7, 11) is 0. The van der Waals surface area contributed by atoms with Crippen LogP contribution in [0.5, 0.6) is 0 Å². The molecule has 0 spiro atoms. The second-order valence-electron chi connectivity index (χ2n) is 17.5. The van der Waals surface area contributed by atoms with Gasteiger partial charge in [0.2, 0.25) is 5.91 Å². The normalized spacial score (nSPS) is 12.8. The van der Waals surface area contributed by atoms with Gasteiger partial charge in [-0.2, -0.15) is 0 Å². The molecule has 0 aromatic rings. The van der Waals surface area contributed by atoms with E-state index in [4.69, 9.17) is 4.74 Å². The Labute approximate surface area is 361 Å². The van der Waals surface area contributed by atoms with Crippen LogP contribution in [0.15, 0.2) is 24.3 Å². The second-order valence-corrected chi connectivity index (χ2v) is 17.5. The summed E-state index contributed by atoms with van der Waals surface area (Å²) in [6, 6.07) is -0.631. The number of carbonyl (C=O) groups excluding carboxylic acids is 2. The minimum atomic E-state index is -0.847. The Morgan fingerprint density at radius 1 is 0.466 bits per heavy atom. The molecule has 6 heteroatoms. The summed E-state index contributed by atoms with van der Waals surface area (Å²) in [6.07, 6.45) is 56.1. The van der Waals surface area contributed by atoms with Gasteiger partial charge in [-0.3, -0.25) is 9.59 Å². The van der Waals surface area contributed by atoms with Gasteiger partial charge in [-0.05, 0) is 57.8 Å². The van der Waals surface area contributed by atoms with Crippen molar-refractivity contribution < 1.29 is 24.5 Å². The third-order valence-corrected chi connectivity index (χ3v) is 11.7. The summed E-state index contributed by atoms with van der Waals surface area (Å²) < 4.78 is 5.45. The van der Waals surface area contributed by atoms with Gasteiger partial charge in [-0.25, -0.2) is 0 Å². The van der Waals surface area contributed by atoms with Crippen molar-refractivity contribution in [2.75, 3.05) is 13.2 Å². The van der Waals surface area contributed by atoms with Gasteiger partial charge < -0.3 is 20.3 Å². The van der Waals surface area contributed by atoms with Gasteiger partial charge in [0.1, 0.15) is 0 Å². The van der Waals surface area contributed by atoms with Crippen LogP contribution in [0.2, 0.25) is 0 Å². The SMILES string of the molecule is CCCCCCCCCC/C=C/C(O)C(CO)NC(=O)CCCCCCCCC/C=C\CCCCCCCCCCCOC(=O)CCCCCCCCCCCCC. The molecule has 1 amide bonds. The van der Waals surface area contributed by atoms with Crippen LogP contribution in [0.25, 0.3) is 0 Å². The highest BCUT2D eigenvalue weighted by Crippen LogP contribution is 2.15. The van der Waals surface area contributed by atoms with Crippen molar-refractivity contribution in [1.29, 1.82) is 0 Å². The first-order valence-electron chi connectivity index (χ1n) is 25.6. The Balaban J connectivity index is 3.44. The highest BCUT2D eigenvalue weighted by atomic mass is 16.5. The number of unbranched alkanes of at least 4 members (excludes halogenated alkanes) is 34. The van der Waals surface area contributed by atoms with E-state index in [-0.39, 0.29) is 18.5 Å². The second kappa shape index (κ2) is 48.0. The standard InChI is InChI=1S/C52H99NO5/c1-3-5-7-9-11-13-25-30-34-38-42-46-52(57)58-47-43-39-35-31-27-24-22-20-18-16-15-17-19-21-23-26-29-33-37-41-45-51(56)53-49(48-54)50(55)44-40-36-32-28-14-12-10-8-6-4-2/h15,17,40,44,49-50,54-55H,3-14,16,18-39,41-43,45-48H2,1-2H3,(H,53,56)/b17-15-,44-40+. The van der Waals surface area contributed by atoms with Crippen molar-refractivity contribution in [2.24, 2.45) is 0 Å². The Hall–Kier alpha value is -1.66. The molecule has 0 rings (SSSR count). The van der Waals surface area contributed by atoms with Gasteiger partial charge in [-0.1, -0.05) is 224 Å². The summed E-state index contributed by atoms with van der Waals surface area (Å²) in [5.41, 5.74) is 0. The van der Waals surface area contributed by atoms with E-state index in [2.05, 4.69) is 31.3 Å². The molecule has 0 aliphatic rings. The van der Waals surface area contributed by atoms with Gasteiger partial charge in [0.15, 0.2) is 0 Å². The van der Waals surface area contributed by atoms with Crippen molar-refractivity contribution in [3.8, 4) is 0 Å². The van der Waals surface area contributed by atoms with E-state index in [0.29, 0.717) is 19.4 Å². The molecule has 0 aliphatic heterocycles. The predicted octanol–water partition coefficient (Wildman–Crippen LogP) is 15.1. The number of amides is 1. The van der Waals surface area contributed by atoms with Crippen molar-refractivity contribution in [2.45, 2.75) is 283 Å². The molecule has 2 unspecified atom stereocenters. The maximum absolute atomic E-state index is 12.4. The van der Waals surface area contributed by atoms with Crippen molar-refractivity contribution in [3.63, 3.8) is 0 Å². The predicted molar refractivity (Wildman–Crippen MR) is 250 cm³/mol. The molecule has 0 fully saturated rings. The van der Waals surface area contributed by atoms with Crippen LogP contribution in [-0.2, 0) is 14.3 Å². The largest absolute Gasteiger partial charge is 0.466 e. The Bertz CT molecular complexity index is 904. The Morgan fingerprint density at radius 3 is 1.22 bits per heavy atom. The van der Waals surface area contributed by atoms with Crippen LogP contribution in [0.3, 0.4) is 0 Å². The third-order valence-electron chi connectivity index (χ3n) is 11.7. The maximum Gasteiger partial charge on any atom is 0.305 e. The van der Waals surface area contributed by atoms with Crippen LogP contribution in [0.4, 0.5) is 0 Å². The van der Waals surface area contributed by atoms with E-state index in [1.54, 1.807) is 6.08 Å². The van der Waals surface area contributed by atoms with Crippen LogP contribution in [-0.4, -0.2) is 47.4 Å². The van der Waals surface area contributed by atoms with E-state index >= 15 is 0 Å². The molecule has 0 radical (unpaired) electrons. The number of aliphatic hydroxyl groups excluding tert-OH is 2. The molecule has 2 atom stereocenters. The zero-order valence-electron chi connectivity index (χ0n) is 38.8. The fraction of sp³-hybridized carbons (Fsp3) is 0.885. The molecule has 0 heterocycles. The number of hydrogen-bond acceptors (Lipinski definition) is 5. The first kappa shape index (κ1) is 56.3. The van der Waals surface area contributed by atoms with Crippen LogP contribution >= 0.6 is 0 Å². The van der Waals surface area contributed by atoms with E-state index in [0.717, 1.165) is 51.4 Å². The highest BCUT2D eigenvalue weighted by Gasteiger charge is 2.18.